The van der Waals surface area contributed by atoms with Gasteiger partial charge in [-0.2, -0.15) is 8.42 Å². The van der Waals surface area contributed by atoms with Gasteiger partial charge in [-0.25, -0.2) is 4.31 Å². The Morgan fingerprint density at radius 1 is 1.50 bits per heavy atom. The zero-order valence-corrected chi connectivity index (χ0v) is 8.19. The molecular weight excluding hydrogens is 202 g/mol. The number of sulfonamides is 1. The van der Waals surface area contributed by atoms with E-state index in [-0.39, 0.29) is 0 Å². The maximum atomic E-state index is 11.2. The maximum Gasteiger partial charge on any atom is 0.278 e. The molecule has 12 heavy (non-hydrogen) atoms. The highest BCUT2D eigenvalue weighted by atomic mass is 35.5. The van der Waals surface area contributed by atoms with Gasteiger partial charge >= 0.3 is 0 Å². The van der Waals surface area contributed by atoms with Crippen molar-refractivity contribution in [3.8, 4) is 0 Å². The van der Waals surface area contributed by atoms with Gasteiger partial charge in [0, 0.05) is 12.1 Å². The van der Waals surface area contributed by atoms with E-state index in [0.29, 0.717) is 0 Å². The first kappa shape index (κ1) is 9.54. The summed E-state index contributed by atoms with van der Waals surface area (Å²) in [4.78, 5) is 11.0. The van der Waals surface area contributed by atoms with Gasteiger partial charge in [-0.05, 0) is 13.8 Å². The minimum Gasteiger partial charge on any atom is -0.269 e. The van der Waals surface area contributed by atoms with Gasteiger partial charge in [0.1, 0.15) is 0 Å². The van der Waals surface area contributed by atoms with Crippen LogP contribution in [0.4, 0.5) is 0 Å². The number of halogens is 1. The highest BCUT2D eigenvalue weighted by Gasteiger charge is 2.37. The zero-order chi connectivity index (χ0) is 9.52. The Kier molecular flexibility index (Phi) is 2.18. The van der Waals surface area contributed by atoms with Crippen molar-refractivity contribution in [1.29, 1.82) is 0 Å². The summed E-state index contributed by atoms with van der Waals surface area (Å²) in [6.07, 6.45) is 0.914. The van der Waals surface area contributed by atoms with E-state index >= 15 is 0 Å². The zero-order valence-electron chi connectivity index (χ0n) is 6.61. The molecule has 0 atom stereocenters. The number of carbonyl (C=O) groups is 1. The van der Waals surface area contributed by atoms with Crippen LogP contribution in [-0.2, 0) is 14.8 Å². The molecule has 1 aliphatic rings. The summed E-state index contributed by atoms with van der Waals surface area (Å²) in [6, 6.07) is -0.394. The number of amides is 1. The fraction of sp³-hybridized carbons (Fsp3) is 0.500. The Morgan fingerprint density at radius 3 is 2.17 bits per heavy atom. The third kappa shape index (κ3) is 1.23. The first-order valence-corrected chi connectivity index (χ1v) is 5.15. The number of nitrogens with zero attached hydrogens (tertiary/aromatic N) is 1. The van der Waals surface area contributed by atoms with E-state index in [4.69, 9.17) is 11.6 Å². The first-order chi connectivity index (χ1) is 5.37. The maximum absolute atomic E-state index is 11.2. The summed E-state index contributed by atoms with van der Waals surface area (Å²) in [6.45, 7) is 3.22. The quantitative estimate of drug-likeness (QED) is 0.637. The summed E-state index contributed by atoms with van der Waals surface area (Å²) in [5.41, 5.74) is 0. The number of hydrogen-bond acceptors (Lipinski definition) is 3. The Bertz CT molecular complexity index is 344. The van der Waals surface area contributed by atoms with E-state index in [0.717, 1.165) is 10.4 Å². The summed E-state index contributed by atoms with van der Waals surface area (Å²) in [5.74, 6) is -0.574. The van der Waals surface area contributed by atoms with Gasteiger partial charge in [0.15, 0.2) is 4.36 Å². The van der Waals surface area contributed by atoms with Crippen molar-refractivity contribution in [3.05, 3.63) is 10.4 Å². The van der Waals surface area contributed by atoms with Crippen molar-refractivity contribution in [2.24, 2.45) is 0 Å². The predicted molar refractivity (Wildman–Crippen MR) is 44.8 cm³/mol. The van der Waals surface area contributed by atoms with Crippen molar-refractivity contribution in [3.63, 3.8) is 0 Å². The van der Waals surface area contributed by atoms with Crippen LogP contribution in [0.2, 0.25) is 0 Å². The summed E-state index contributed by atoms with van der Waals surface area (Å²) in [5, 5.41) is 0. The molecule has 0 N–H and O–H groups in total. The molecule has 0 aromatic carbocycles. The van der Waals surface area contributed by atoms with E-state index in [9.17, 15) is 13.2 Å². The van der Waals surface area contributed by atoms with Crippen molar-refractivity contribution >= 4 is 27.5 Å². The Balaban J connectivity index is 3.18. The van der Waals surface area contributed by atoms with Crippen molar-refractivity contribution in [1.82, 2.24) is 4.31 Å². The summed E-state index contributed by atoms with van der Waals surface area (Å²) < 4.78 is 22.9. The van der Waals surface area contributed by atoms with E-state index in [2.05, 4.69) is 0 Å². The molecule has 68 valence electrons. The van der Waals surface area contributed by atoms with Crippen LogP contribution in [0.1, 0.15) is 13.8 Å². The monoisotopic (exact) mass is 209 g/mol. The second-order valence-corrected chi connectivity index (χ2v) is 5.10. The Labute approximate surface area is 75.9 Å². The molecule has 0 spiro atoms. The van der Waals surface area contributed by atoms with Crippen molar-refractivity contribution in [2.75, 3.05) is 0 Å². The third-order valence-corrected chi connectivity index (χ3v) is 3.85. The molecule has 0 aliphatic carbocycles. The molecule has 1 heterocycles. The average Bonchev–Trinajstić information content (AvgIpc) is 2.02. The average molecular weight is 210 g/mol. The van der Waals surface area contributed by atoms with Crippen LogP contribution in [0.15, 0.2) is 10.4 Å². The second kappa shape index (κ2) is 2.74. The van der Waals surface area contributed by atoms with E-state index in [1.54, 1.807) is 13.8 Å². The number of carbonyl (C=O) groups excluding carboxylic acids is 1. The number of hydrogen-bond donors (Lipinski definition) is 0. The molecule has 1 aliphatic heterocycles. The van der Waals surface area contributed by atoms with Crippen LogP contribution in [-0.4, -0.2) is 24.7 Å². The summed E-state index contributed by atoms with van der Waals surface area (Å²) in [7, 11) is -3.70. The van der Waals surface area contributed by atoms with Gasteiger partial charge in [0.05, 0.1) is 0 Å². The highest BCUT2D eigenvalue weighted by Crippen LogP contribution is 2.26. The normalized spacial score (nSPS) is 21.8. The molecule has 0 bridgehead atoms. The molecule has 0 aromatic heterocycles. The number of rotatable bonds is 1. The van der Waals surface area contributed by atoms with Gasteiger partial charge in [0.2, 0.25) is 0 Å². The van der Waals surface area contributed by atoms with Gasteiger partial charge in [-0.15, -0.1) is 0 Å². The molecule has 0 radical (unpaired) electrons. The molecule has 1 rings (SSSR count). The molecule has 4 nitrogen and oxygen atoms in total. The first-order valence-electron chi connectivity index (χ1n) is 3.33. The molecule has 6 heteroatoms. The third-order valence-electron chi connectivity index (χ3n) is 1.43. The molecule has 0 unspecified atom stereocenters. The van der Waals surface area contributed by atoms with Gasteiger partial charge < -0.3 is 0 Å². The lowest BCUT2D eigenvalue weighted by molar-refractivity contribution is -0.122. The van der Waals surface area contributed by atoms with E-state index in [1.807, 2.05) is 0 Å². The van der Waals surface area contributed by atoms with Crippen LogP contribution < -0.4 is 0 Å². The van der Waals surface area contributed by atoms with Crippen LogP contribution in [0.3, 0.4) is 0 Å². The van der Waals surface area contributed by atoms with Gasteiger partial charge in [0.25, 0.3) is 15.9 Å². The summed E-state index contributed by atoms with van der Waals surface area (Å²) >= 11 is 5.35. The molecule has 0 aromatic rings. The van der Waals surface area contributed by atoms with Gasteiger partial charge in [-0.1, -0.05) is 11.6 Å². The lowest BCUT2D eigenvalue weighted by Gasteiger charge is -2.18. The van der Waals surface area contributed by atoms with E-state index in [1.165, 1.54) is 0 Å². The van der Waals surface area contributed by atoms with Crippen molar-refractivity contribution < 1.29 is 13.2 Å². The molecule has 1 amide bonds. The second-order valence-electron chi connectivity index (χ2n) is 2.68. The minimum absolute atomic E-state index is 0.394. The topological polar surface area (TPSA) is 54.5 Å². The van der Waals surface area contributed by atoms with Crippen molar-refractivity contribution in [2.45, 2.75) is 19.9 Å². The predicted octanol–water partition coefficient (Wildman–Crippen LogP) is 0.647. The fourth-order valence-corrected chi connectivity index (χ4v) is 2.58. The lowest BCUT2D eigenvalue weighted by atomic mass is 10.4. The minimum atomic E-state index is -3.70. The lowest BCUT2D eigenvalue weighted by Crippen LogP contribution is -2.36. The largest absolute Gasteiger partial charge is 0.278 e. The standard InChI is InChI=1S/C6H8ClNO3S/c1-4(2)8-6(9)3-5(7)12(8,10)11/h3-4H,1-2H3. The molecule has 0 saturated carbocycles. The highest BCUT2D eigenvalue weighted by molar-refractivity contribution is 7.95. The van der Waals surface area contributed by atoms with Crippen LogP contribution in [0.5, 0.6) is 0 Å². The SMILES string of the molecule is CC(C)N1C(=O)C=C(Cl)S1(=O)=O. The fourth-order valence-electron chi connectivity index (χ4n) is 0.980. The molecular formula is C6H8ClNO3S. The van der Waals surface area contributed by atoms with Crippen LogP contribution in [0.25, 0.3) is 0 Å². The van der Waals surface area contributed by atoms with E-state index < -0.39 is 26.3 Å². The van der Waals surface area contributed by atoms with Gasteiger partial charge in [-0.3, -0.25) is 4.79 Å². The molecule has 0 saturated heterocycles. The Hall–Kier alpha value is -0.550. The van der Waals surface area contributed by atoms with Crippen LogP contribution >= 0.6 is 11.6 Å². The molecule has 0 fully saturated rings. The smallest absolute Gasteiger partial charge is 0.269 e. The van der Waals surface area contributed by atoms with Crippen LogP contribution in [0, 0.1) is 0 Å². The Morgan fingerprint density at radius 2 is 2.00 bits per heavy atom.